The summed E-state index contributed by atoms with van der Waals surface area (Å²) < 4.78 is 0. The number of nitro benzene ring substituents is 1. The Morgan fingerprint density at radius 2 is 1.95 bits per heavy atom. The van der Waals surface area contributed by atoms with Crippen LogP contribution in [0.2, 0.25) is 5.02 Å². The molecule has 0 aromatic heterocycles. The SMILES string of the molecule is CCC(NCc1cccc([N+](=O)[O-])c1)c1ccc(Cl)cc1. The molecule has 0 aliphatic rings. The summed E-state index contributed by atoms with van der Waals surface area (Å²) in [6.07, 6.45) is 0.927. The van der Waals surface area contributed by atoms with Gasteiger partial charge in [0.2, 0.25) is 0 Å². The van der Waals surface area contributed by atoms with Crippen molar-refractivity contribution in [1.82, 2.24) is 5.32 Å². The van der Waals surface area contributed by atoms with Crippen LogP contribution in [0.3, 0.4) is 0 Å². The molecule has 110 valence electrons. The maximum absolute atomic E-state index is 10.8. The van der Waals surface area contributed by atoms with Gasteiger partial charge in [0.1, 0.15) is 0 Å². The Balaban J connectivity index is 2.04. The quantitative estimate of drug-likeness (QED) is 0.632. The normalized spacial score (nSPS) is 12.1. The molecule has 0 saturated heterocycles. The third-order valence-corrected chi connectivity index (χ3v) is 3.61. The fourth-order valence-corrected chi connectivity index (χ4v) is 2.34. The molecule has 0 bridgehead atoms. The summed E-state index contributed by atoms with van der Waals surface area (Å²) >= 11 is 5.90. The van der Waals surface area contributed by atoms with Crippen molar-refractivity contribution >= 4 is 17.3 Å². The molecule has 2 rings (SSSR count). The van der Waals surface area contributed by atoms with Crippen LogP contribution in [0.15, 0.2) is 48.5 Å². The molecule has 0 aliphatic carbocycles. The third-order valence-electron chi connectivity index (χ3n) is 3.35. The molecule has 0 amide bonds. The summed E-state index contributed by atoms with van der Waals surface area (Å²) in [6.45, 7) is 2.68. The van der Waals surface area contributed by atoms with Gasteiger partial charge in [0.25, 0.3) is 5.69 Å². The molecule has 0 spiro atoms. The van der Waals surface area contributed by atoms with E-state index in [0.29, 0.717) is 11.6 Å². The fourth-order valence-electron chi connectivity index (χ4n) is 2.21. The molecule has 0 heterocycles. The summed E-state index contributed by atoms with van der Waals surface area (Å²) in [5.41, 5.74) is 2.18. The van der Waals surface area contributed by atoms with E-state index in [2.05, 4.69) is 12.2 Å². The van der Waals surface area contributed by atoms with Gasteiger partial charge in [-0.15, -0.1) is 0 Å². The highest BCUT2D eigenvalue weighted by atomic mass is 35.5. The topological polar surface area (TPSA) is 55.2 Å². The van der Waals surface area contributed by atoms with E-state index in [1.54, 1.807) is 12.1 Å². The average molecular weight is 305 g/mol. The molecule has 0 radical (unpaired) electrons. The number of nitrogens with one attached hydrogen (secondary N) is 1. The highest BCUT2D eigenvalue weighted by molar-refractivity contribution is 6.30. The van der Waals surface area contributed by atoms with E-state index in [1.807, 2.05) is 30.3 Å². The Labute approximate surface area is 128 Å². The van der Waals surface area contributed by atoms with Gasteiger partial charge in [-0.1, -0.05) is 42.8 Å². The van der Waals surface area contributed by atoms with E-state index in [-0.39, 0.29) is 16.7 Å². The van der Waals surface area contributed by atoms with Gasteiger partial charge in [-0.25, -0.2) is 0 Å². The molecular weight excluding hydrogens is 288 g/mol. The number of nitrogens with zero attached hydrogens (tertiary/aromatic N) is 1. The summed E-state index contributed by atoms with van der Waals surface area (Å²) in [6, 6.07) is 14.6. The molecule has 0 saturated carbocycles. The number of halogens is 1. The van der Waals surface area contributed by atoms with Crippen molar-refractivity contribution in [1.29, 1.82) is 0 Å². The second kappa shape index (κ2) is 7.20. The number of benzene rings is 2. The second-order valence-corrected chi connectivity index (χ2v) is 5.26. The van der Waals surface area contributed by atoms with Gasteiger partial charge in [0.15, 0.2) is 0 Å². The standard InChI is InChI=1S/C16H17ClN2O2/c1-2-16(13-6-8-14(17)9-7-13)18-11-12-4-3-5-15(10-12)19(20)21/h3-10,16,18H,2,11H2,1H3. The highest BCUT2D eigenvalue weighted by Crippen LogP contribution is 2.20. The first kappa shape index (κ1) is 15.5. The summed E-state index contributed by atoms with van der Waals surface area (Å²) in [5.74, 6) is 0. The minimum atomic E-state index is -0.375. The summed E-state index contributed by atoms with van der Waals surface area (Å²) in [4.78, 5) is 10.4. The zero-order chi connectivity index (χ0) is 15.2. The van der Waals surface area contributed by atoms with Crippen LogP contribution >= 0.6 is 11.6 Å². The van der Waals surface area contributed by atoms with E-state index in [4.69, 9.17) is 11.6 Å². The number of hydrogen-bond acceptors (Lipinski definition) is 3. The van der Waals surface area contributed by atoms with Crippen molar-refractivity contribution < 1.29 is 4.92 Å². The first-order chi connectivity index (χ1) is 10.1. The van der Waals surface area contributed by atoms with Crippen LogP contribution in [0.1, 0.15) is 30.5 Å². The van der Waals surface area contributed by atoms with Crippen molar-refractivity contribution in [3.05, 3.63) is 74.8 Å². The first-order valence-corrected chi connectivity index (χ1v) is 7.20. The number of hydrogen-bond donors (Lipinski definition) is 1. The van der Waals surface area contributed by atoms with Gasteiger partial charge in [0.05, 0.1) is 4.92 Å². The monoisotopic (exact) mass is 304 g/mol. The maximum Gasteiger partial charge on any atom is 0.269 e. The lowest BCUT2D eigenvalue weighted by Gasteiger charge is -2.17. The van der Waals surface area contributed by atoms with Gasteiger partial charge >= 0.3 is 0 Å². The Morgan fingerprint density at radius 3 is 2.57 bits per heavy atom. The summed E-state index contributed by atoms with van der Waals surface area (Å²) in [5, 5.41) is 14.9. The van der Waals surface area contributed by atoms with Crippen LogP contribution in [0, 0.1) is 10.1 Å². The first-order valence-electron chi connectivity index (χ1n) is 6.82. The molecule has 1 N–H and O–H groups in total. The highest BCUT2D eigenvalue weighted by Gasteiger charge is 2.10. The molecular formula is C16H17ClN2O2. The molecule has 4 nitrogen and oxygen atoms in total. The smallest absolute Gasteiger partial charge is 0.269 e. The van der Waals surface area contributed by atoms with Crippen LogP contribution in [0.5, 0.6) is 0 Å². The molecule has 21 heavy (non-hydrogen) atoms. The van der Waals surface area contributed by atoms with Gasteiger partial charge < -0.3 is 5.32 Å². The maximum atomic E-state index is 10.8. The Hall–Kier alpha value is -1.91. The lowest BCUT2D eigenvalue weighted by molar-refractivity contribution is -0.384. The van der Waals surface area contributed by atoms with Crippen molar-refractivity contribution in [2.24, 2.45) is 0 Å². The van der Waals surface area contributed by atoms with Crippen molar-refractivity contribution in [2.75, 3.05) is 0 Å². The predicted molar refractivity (Wildman–Crippen MR) is 84.4 cm³/mol. The molecule has 5 heteroatoms. The molecule has 0 fully saturated rings. The van der Waals surface area contributed by atoms with Gasteiger partial charge in [-0.05, 0) is 29.7 Å². The van der Waals surface area contributed by atoms with Crippen molar-refractivity contribution in [2.45, 2.75) is 25.9 Å². The third kappa shape index (κ3) is 4.28. The van der Waals surface area contributed by atoms with E-state index < -0.39 is 0 Å². The van der Waals surface area contributed by atoms with Crippen LogP contribution in [0.25, 0.3) is 0 Å². The summed E-state index contributed by atoms with van der Waals surface area (Å²) in [7, 11) is 0. The molecule has 2 aromatic carbocycles. The Bertz CT molecular complexity index is 614. The van der Waals surface area contributed by atoms with Crippen molar-refractivity contribution in [3.8, 4) is 0 Å². The average Bonchev–Trinajstić information content (AvgIpc) is 2.50. The van der Waals surface area contributed by atoms with Crippen LogP contribution in [-0.4, -0.2) is 4.92 Å². The van der Waals surface area contributed by atoms with E-state index in [1.165, 1.54) is 6.07 Å². The fraction of sp³-hybridized carbons (Fsp3) is 0.250. The van der Waals surface area contributed by atoms with E-state index in [0.717, 1.165) is 17.5 Å². The largest absolute Gasteiger partial charge is 0.306 e. The molecule has 0 aliphatic heterocycles. The molecule has 2 aromatic rings. The number of rotatable bonds is 6. The van der Waals surface area contributed by atoms with Crippen LogP contribution in [-0.2, 0) is 6.54 Å². The van der Waals surface area contributed by atoms with Gasteiger partial charge in [-0.3, -0.25) is 10.1 Å². The van der Waals surface area contributed by atoms with Gasteiger partial charge in [-0.2, -0.15) is 0 Å². The van der Waals surface area contributed by atoms with E-state index in [9.17, 15) is 10.1 Å². The minimum Gasteiger partial charge on any atom is -0.306 e. The zero-order valence-corrected chi connectivity index (χ0v) is 12.5. The lowest BCUT2D eigenvalue weighted by Crippen LogP contribution is -2.20. The van der Waals surface area contributed by atoms with E-state index >= 15 is 0 Å². The Kier molecular flexibility index (Phi) is 5.31. The Morgan fingerprint density at radius 1 is 1.24 bits per heavy atom. The zero-order valence-electron chi connectivity index (χ0n) is 11.8. The minimum absolute atomic E-state index is 0.119. The number of non-ortho nitro benzene ring substituents is 1. The second-order valence-electron chi connectivity index (χ2n) is 4.82. The predicted octanol–water partition coefficient (Wildman–Crippen LogP) is 4.49. The van der Waals surface area contributed by atoms with Crippen LogP contribution < -0.4 is 5.32 Å². The van der Waals surface area contributed by atoms with Gasteiger partial charge in [0, 0.05) is 29.7 Å². The lowest BCUT2D eigenvalue weighted by atomic mass is 10.0. The number of nitro groups is 1. The molecule has 1 unspecified atom stereocenters. The van der Waals surface area contributed by atoms with Crippen LogP contribution in [0.4, 0.5) is 5.69 Å². The molecule has 1 atom stereocenters. The van der Waals surface area contributed by atoms with Crippen molar-refractivity contribution in [3.63, 3.8) is 0 Å².